The minimum Gasteiger partial charge on any atom is -0.497 e. The predicted octanol–water partition coefficient (Wildman–Crippen LogP) is 2.64. The number of nitrogens with zero attached hydrogens (tertiary/aromatic N) is 1. The van der Waals surface area contributed by atoms with Crippen LogP contribution >= 0.6 is 0 Å². The van der Waals surface area contributed by atoms with Crippen LogP contribution in [-0.2, 0) is 9.53 Å². The zero-order valence-corrected chi connectivity index (χ0v) is 12.7. The minimum absolute atomic E-state index is 0.0547. The van der Waals surface area contributed by atoms with Crippen LogP contribution in [0.25, 0.3) is 0 Å². The highest BCUT2D eigenvalue weighted by Crippen LogP contribution is 2.27. The van der Waals surface area contributed by atoms with Crippen LogP contribution in [0.3, 0.4) is 0 Å². The molecule has 0 bridgehead atoms. The molecule has 0 spiro atoms. The van der Waals surface area contributed by atoms with E-state index >= 15 is 0 Å². The maximum atomic E-state index is 12.3. The number of methoxy groups -OCH3 is 1. The number of hydrogen-bond acceptors (Lipinski definition) is 3. The standard InChI is InChI=1S/C16H23NO3/c1-16(2,3)15(18)17-9-10-20-14(11-17)12-5-7-13(19-4)8-6-12/h5-8,14H,9-11H2,1-4H3. The number of hydrogen-bond donors (Lipinski definition) is 0. The van der Waals surface area contributed by atoms with E-state index in [4.69, 9.17) is 9.47 Å². The van der Waals surface area contributed by atoms with E-state index in [1.807, 2.05) is 49.9 Å². The lowest BCUT2D eigenvalue weighted by molar-refractivity contribution is -0.147. The van der Waals surface area contributed by atoms with Crippen LogP contribution in [-0.4, -0.2) is 37.6 Å². The molecule has 1 heterocycles. The molecule has 1 fully saturated rings. The number of amides is 1. The highest BCUT2D eigenvalue weighted by atomic mass is 16.5. The normalized spacial score (nSPS) is 19.8. The lowest BCUT2D eigenvalue weighted by Gasteiger charge is -2.36. The second-order valence-electron chi connectivity index (χ2n) is 6.13. The molecule has 1 aromatic rings. The van der Waals surface area contributed by atoms with Gasteiger partial charge < -0.3 is 14.4 Å². The number of morpholine rings is 1. The number of benzene rings is 1. The van der Waals surface area contributed by atoms with E-state index in [1.54, 1.807) is 7.11 Å². The molecule has 0 saturated carbocycles. The van der Waals surface area contributed by atoms with Crippen molar-refractivity contribution in [2.45, 2.75) is 26.9 Å². The first kappa shape index (κ1) is 14.9. The molecule has 1 aliphatic rings. The van der Waals surface area contributed by atoms with Crippen molar-refractivity contribution in [3.63, 3.8) is 0 Å². The number of carbonyl (C=O) groups excluding carboxylic acids is 1. The van der Waals surface area contributed by atoms with Crippen molar-refractivity contribution in [1.29, 1.82) is 0 Å². The van der Waals surface area contributed by atoms with Gasteiger partial charge in [0.1, 0.15) is 11.9 Å². The summed E-state index contributed by atoms with van der Waals surface area (Å²) in [6.45, 7) is 7.72. The summed E-state index contributed by atoms with van der Waals surface area (Å²) in [5.74, 6) is 1.01. The van der Waals surface area contributed by atoms with E-state index in [0.717, 1.165) is 11.3 Å². The van der Waals surface area contributed by atoms with Crippen molar-refractivity contribution >= 4 is 5.91 Å². The smallest absolute Gasteiger partial charge is 0.228 e. The molecule has 4 nitrogen and oxygen atoms in total. The molecule has 1 amide bonds. The topological polar surface area (TPSA) is 38.8 Å². The van der Waals surface area contributed by atoms with Gasteiger partial charge in [0.25, 0.3) is 0 Å². The van der Waals surface area contributed by atoms with E-state index in [0.29, 0.717) is 19.7 Å². The molecule has 1 saturated heterocycles. The maximum Gasteiger partial charge on any atom is 0.228 e. The van der Waals surface area contributed by atoms with Gasteiger partial charge in [0.15, 0.2) is 0 Å². The molecule has 20 heavy (non-hydrogen) atoms. The van der Waals surface area contributed by atoms with Gasteiger partial charge in [-0.3, -0.25) is 4.79 Å². The number of rotatable bonds is 2. The SMILES string of the molecule is COc1ccc(C2CN(C(=O)C(C)(C)C)CCO2)cc1. The van der Waals surface area contributed by atoms with Crippen molar-refractivity contribution < 1.29 is 14.3 Å². The Bertz CT molecular complexity index is 462. The molecule has 2 rings (SSSR count). The fraction of sp³-hybridized carbons (Fsp3) is 0.562. The predicted molar refractivity (Wildman–Crippen MR) is 77.7 cm³/mol. The third-order valence-electron chi connectivity index (χ3n) is 3.48. The minimum atomic E-state index is -0.345. The molecule has 0 aliphatic carbocycles. The van der Waals surface area contributed by atoms with Gasteiger partial charge in [0, 0.05) is 12.0 Å². The summed E-state index contributed by atoms with van der Waals surface area (Å²) in [5.41, 5.74) is 0.735. The molecule has 0 aromatic heterocycles. The number of ether oxygens (including phenoxy) is 2. The summed E-state index contributed by atoms with van der Waals surface area (Å²) in [4.78, 5) is 14.2. The third-order valence-corrected chi connectivity index (χ3v) is 3.48. The fourth-order valence-corrected chi connectivity index (χ4v) is 2.33. The van der Waals surface area contributed by atoms with Gasteiger partial charge >= 0.3 is 0 Å². The quantitative estimate of drug-likeness (QED) is 0.834. The zero-order chi connectivity index (χ0) is 14.8. The zero-order valence-electron chi connectivity index (χ0n) is 12.7. The van der Waals surface area contributed by atoms with Crippen LogP contribution in [0.4, 0.5) is 0 Å². The second kappa shape index (κ2) is 5.83. The average Bonchev–Trinajstić information content (AvgIpc) is 2.46. The molecular formula is C16H23NO3. The summed E-state index contributed by atoms with van der Waals surface area (Å²) in [7, 11) is 1.65. The Morgan fingerprint density at radius 2 is 1.95 bits per heavy atom. The summed E-state index contributed by atoms with van der Waals surface area (Å²) in [5, 5.41) is 0. The van der Waals surface area contributed by atoms with Crippen molar-refractivity contribution in [3.8, 4) is 5.75 Å². The fourth-order valence-electron chi connectivity index (χ4n) is 2.33. The molecule has 1 aliphatic heterocycles. The lowest BCUT2D eigenvalue weighted by atomic mass is 9.94. The van der Waals surface area contributed by atoms with Crippen LogP contribution < -0.4 is 4.74 Å². The van der Waals surface area contributed by atoms with E-state index in [9.17, 15) is 4.79 Å². The van der Waals surface area contributed by atoms with Crippen molar-refractivity contribution in [2.75, 3.05) is 26.8 Å². The largest absolute Gasteiger partial charge is 0.497 e. The Hall–Kier alpha value is -1.55. The number of carbonyl (C=O) groups is 1. The molecular weight excluding hydrogens is 254 g/mol. The van der Waals surface area contributed by atoms with Gasteiger partial charge in [-0.05, 0) is 17.7 Å². The Morgan fingerprint density at radius 3 is 2.50 bits per heavy atom. The van der Waals surface area contributed by atoms with Crippen molar-refractivity contribution in [2.24, 2.45) is 5.41 Å². The molecule has 0 N–H and O–H groups in total. The Kier molecular flexibility index (Phi) is 4.33. The maximum absolute atomic E-state index is 12.3. The average molecular weight is 277 g/mol. The molecule has 110 valence electrons. The van der Waals surface area contributed by atoms with Gasteiger partial charge in [0.05, 0.1) is 20.3 Å². The Labute approximate surface area is 120 Å². The Balaban J connectivity index is 2.08. The highest BCUT2D eigenvalue weighted by molar-refractivity contribution is 5.81. The van der Waals surface area contributed by atoms with E-state index in [-0.39, 0.29) is 17.4 Å². The van der Waals surface area contributed by atoms with Crippen molar-refractivity contribution in [1.82, 2.24) is 4.90 Å². The highest BCUT2D eigenvalue weighted by Gasteiger charge is 2.31. The molecule has 1 atom stereocenters. The summed E-state index contributed by atoms with van der Waals surface area (Å²) < 4.78 is 11.0. The first-order valence-electron chi connectivity index (χ1n) is 6.97. The van der Waals surface area contributed by atoms with E-state index < -0.39 is 0 Å². The second-order valence-corrected chi connectivity index (χ2v) is 6.13. The van der Waals surface area contributed by atoms with Crippen LogP contribution in [0.5, 0.6) is 5.75 Å². The first-order valence-corrected chi connectivity index (χ1v) is 6.97. The lowest BCUT2D eigenvalue weighted by Crippen LogP contribution is -2.46. The van der Waals surface area contributed by atoms with Crippen LogP contribution in [0.2, 0.25) is 0 Å². The summed E-state index contributed by atoms with van der Waals surface area (Å²) in [6.07, 6.45) is -0.0547. The molecule has 0 radical (unpaired) electrons. The van der Waals surface area contributed by atoms with Crippen molar-refractivity contribution in [3.05, 3.63) is 29.8 Å². The van der Waals surface area contributed by atoms with Crippen LogP contribution in [0, 0.1) is 5.41 Å². The summed E-state index contributed by atoms with van der Waals surface area (Å²) >= 11 is 0. The molecule has 1 unspecified atom stereocenters. The van der Waals surface area contributed by atoms with E-state index in [2.05, 4.69) is 0 Å². The monoisotopic (exact) mass is 277 g/mol. The molecule has 4 heteroatoms. The van der Waals surface area contributed by atoms with Gasteiger partial charge in [0.2, 0.25) is 5.91 Å². The third kappa shape index (κ3) is 3.31. The van der Waals surface area contributed by atoms with Gasteiger partial charge in [-0.1, -0.05) is 32.9 Å². The van der Waals surface area contributed by atoms with Crippen LogP contribution in [0.1, 0.15) is 32.4 Å². The van der Waals surface area contributed by atoms with Crippen LogP contribution in [0.15, 0.2) is 24.3 Å². The van der Waals surface area contributed by atoms with E-state index in [1.165, 1.54) is 0 Å². The first-order chi connectivity index (χ1) is 9.41. The van der Waals surface area contributed by atoms with Gasteiger partial charge in [-0.2, -0.15) is 0 Å². The Morgan fingerprint density at radius 1 is 1.30 bits per heavy atom. The summed E-state index contributed by atoms with van der Waals surface area (Å²) in [6, 6.07) is 7.83. The van der Waals surface area contributed by atoms with Gasteiger partial charge in [-0.25, -0.2) is 0 Å². The molecule has 1 aromatic carbocycles. The van der Waals surface area contributed by atoms with Gasteiger partial charge in [-0.15, -0.1) is 0 Å².